The number of pyridine rings is 1. The molecule has 2 heterocycles. The molecule has 0 spiro atoms. The number of H-pyrrole nitrogens is 1. The highest BCUT2D eigenvalue weighted by molar-refractivity contribution is 5.94. The Morgan fingerprint density at radius 1 is 1.35 bits per heavy atom. The van der Waals surface area contributed by atoms with Gasteiger partial charge in [0.15, 0.2) is 0 Å². The summed E-state index contributed by atoms with van der Waals surface area (Å²) in [4.78, 5) is 29.1. The van der Waals surface area contributed by atoms with Crippen LogP contribution in [0.25, 0.3) is 0 Å². The van der Waals surface area contributed by atoms with E-state index in [1.807, 2.05) is 11.8 Å². The van der Waals surface area contributed by atoms with E-state index in [2.05, 4.69) is 4.98 Å². The van der Waals surface area contributed by atoms with Crippen LogP contribution in [0.1, 0.15) is 41.7 Å². The monoisotopic (exact) mass is 276 g/mol. The van der Waals surface area contributed by atoms with Gasteiger partial charge in [0.2, 0.25) is 0 Å². The molecule has 1 aliphatic carbocycles. The fraction of sp³-hybridized carbons (Fsp3) is 0.600. The average molecular weight is 276 g/mol. The number of carbonyl (C=O) groups is 1. The molecule has 0 bridgehead atoms. The van der Waals surface area contributed by atoms with E-state index < -0.39 is 0 Å². The third-order valence-electron chi connectivity index (χ3n) is 4.28. The van der Waals surface area contributed by atoms with E-state index in [4.69, 9.17) is 4.74 Å². The van der Waals surface area contributed by atoms with Crippen LogP contribution in [0.3, 0.4) is 0 Å². The lowest BCUT2D eigenvalue weighted by molar-refractivity contribution is -0.0753. The standard InChI is InChI=1S/C15H20N2O3/c1-10-6-7-11(14(18)16-10)15(19)17-8-9-20-13-5-3-2-4-12(13)17/h6-7,12-13H,2-5,8-9H2,1H3,(H,16,18)/t12-,13+/m0/s1. The topological polar surface area (TPSA) is 62.4 Å². The molecule has 1 aromatic rings. The number of hydrogen-bond donors (Lipinski definition) is 1. The quantitative estimate of drug-likeness (QED) is 0.845. The van der Waals surface area contributed by atoms with Crippen LogP contribution in [-0.2, 0) is 4.74 Å². The molecule has 3 rings (SSSR count). The Bertz CT molecular complexity index is 564. The summed E-state index contributed by atoms with van der Waals surface area (Å²) in [6.07, 6.45) is 4.41. The number of morpholine rings is 1. The van der Waals surface area contributed by atoms with Gasteiger partial charge in [-0.1, -0.05) is 12.8 Å². The van der Waals surface area contributed by atoms with E-state index in [1.165, 1.54) is 0 Å². The van der Waals surface area contributed by atoms with E-state index >= 15 is 0 Å². The number of aryl methyl sites for hydroxylation is 1. The van der Waals surface area contributed by atoms with Gasteiger partial charge in [0, 0.05) is 12.2 Å². The molecule has 1 N–H and O–H groups in total. The molecule has 1 aromatic heterocycles. The Balaban J connectivity index is 1.87. The highest BCUT2D eigenvalue weighted by Crippen LogP contribution is 2.29. The lowest BCUT2D eigenvalue weighted by Gasteiger charge is -2.43. The Kier molecular flexibility index (Phi) is 3.61. The van der Waals surface area contributed by atoms with Crippen molar-refractivity contribution in [2.75, 3.05) is 13.2 Å². The van der Waals surface area contributed by atoms with Crippen LogP contribution in [0.2, 0.25) is 0 Å². The SMILES string of the molecule is Cc1ccc(C(=O)N2CCO[C@@H]3CCCC[C@@H]32)c(=O)[nH]1. The van der Waals surface area contributed by atoms with Gasteiger partial charge in [-0.25, -0.2) is 0 Å². The largest absolute Gasteiger partial charge is 0.374 e. The van der Waals surface area contributed by atoms with Gasteiger partial charge in [-0.05, 0) is 31.9 Å². The van der Waals surface area contributed by atoms with Gasteiger partial charge >= 0.3 is 0 Å². The molecular formula is C15H20N2O3. The van der Waals surface area contributed by atoms with Crippen LogP contribution < -0.4 is 5.56 Å². The molecule has 5 nitrogen and oxygen atoms in total. The zero-order valence-electron chi connectivity index (χ0n) is 11.7. The van der Waals surface area contributed by atoms with Gasteiger partial charge in [0.05, 0.1) is 18.8 Å². The second-order valence-electron chi connectivity index (χ2n) is 5.64. The summed E-state index contributed by atoms with van der Waals surface area (Å²) >= 11 is 0. The number of aromatic amines is 1. The molecular weight excluding hydrogens is 256 g/mol. The van der Waals surface area contributed by atoms with Crippen LogP contribution >= 0.6 is 0 Å². The van der Waals surface area contributed by atoms with Crippen molar-refractivity contribution in [2.45, 2.75) is 44.8 Å². The molecule has 1 saturated heterocycles. The molecule has 1 amide bonds. The van der Waals surface area contributed by atoms with Crippen LogP contribution in [0.5, 0.6) is 0 Å². The molecule has 2 aliphatic rings. The predicted octanol–water partition coefficient (Wildman–Crippen LogP) is 1.47. The number of carbonyl (C=O) groups excluding carboxylic acids is 1. The summed E-state index contributed by atoms with van der Waals surface area (Å²) in [5.74, 6) is -0.161. The van der Waals surface area contributed by atoms with Gasteiger partial charge < -0.3 is 14.6 Å². The molecule has 1 saturated carbocycles. The Morgan fingerprint density at radius 2 is 2.15 bits per heavy atom. The number of hydrogen-bond acceptors (Lipinski definition) is 3. The number of ether oxygens (including phenoxy) is 1. The average Bonchev–Trinajstić information content (AvgIpc) is 2.46. The van der Waals surface area contributed by atoms with Gasteiger partial charge in [0.25, 0.3) is 11.5 Å². The fourth-order valence-electron chi connectivity index (χ4n) is 3.24. The zero-order valence-corrected chi connectivity index (χ0v) is 11.7. The molecule has 0 aromatic carbocycles. The molecule has 0 radical (unpaired) electrons. The molecule has 2 atom stereocenters. The highest BCUT2D eigenvalue weighted by Gasteiger charge is 2.37. The molecule has 108 valence electrons. The van der Waals surface area contributed by atoms with Crippen LogP contribution in [-0.4, -0.2) is 41.1 Å². The van der Waals surface area contributed by atoms with E-state index in [0.717, 1.165) is 31.4 Å². The second kappa shape index (κ2) is 5.40. The summed E-state index contributed by atoms with van der Waals surface area (Å²) in [6, 6.07) is 3.53. The summed E-state index contributed by atoms with van der Waals surface area (Å²) in [7, 11) is 0. The maximum atomic E-state index is 12.6. The Morgan fingerprint density at radius 3 is 2.95 bits per heavy atom. The number of fused-ring (bicyclic) bond motifs is 1. The second-order valence-corrected chi connectivity index (χ2v) is 5.64. The van der Waals surface area contributed by atoms with E-state index in [0.29, 0.717) is 13.2 Å². The molecule has 5 heteroatoms. The first-order valence-corrected chi connectivity index (χ1v) is 7.29. The fourth-order valence-corrected chi connectivity index (χ4v) is 3.24. The van der Waals surface area contributed by atoms with Crippen molar-refractivity contribution in [1.82, 2.24) is 9.88 Å². The minimum absolute atomic E-state index is 0.130. The molecule has 1 aliphatic heterocycles. The number of aromatic nitrogens is 1. The van der Waals surface area contributed by atoms with Crippen molar-refractivity contribution in [2.24, 2.45) is 0 Å². The maximum absolute atomic E-state index is 12.6. The van der Waals surface area contributed by atoms with E-state index in [-0.39, 0.29) is 29.2 Å². The number of nitrogens with one attached hydrogen (secondary N) is 1. The Labute approximate surface area is 117 Å². The third-order valence-corrected chi connectivity index (χ3v) is 4.28. The van der Waals surface area contributed by atoms with E-state index in [9.17, 15) is 9.59 Å². The maximum Gasteiger partial charge on any atom is 0.260 e. The van der Waals surface area contributed by atoms with Crippen LogP contribution in [0.15, 0.2) is 16.9 Å². The van der Waals surface area contributed by atoms with Gasteiger partial charge in [-0.2, -0.15) is 0 Å². The summed E-state index contributed by atoms with van der Waals surface area (Å²) in [5, 5.41) is 0. The van der Waals surface area contributed by atoms with Crippen molar-refractivity contribution in [3.05, 3.63) is 33.7 Å². The van der Waals surface area contributed by atoms with Crippen molar-refractivity contribution >= 4 is 5.91 Å². The smallest absolute Gasteiger partial charge is 0.260 e. The molecule has 20 heavy (non-hydrogen) atoms. The number of nitrogens with zero attached hydrogens (tertiary/aromatic N) is 1. The lowest BCUT2D eigenvalue weighted by Crippen LogP contribution is -2.55. The summed E-state index contributed by atoms with van der Waals surface area (Å²) in [5.41, 5.74) is 0.708. The van der Waals surface area contributed by atoms with Crippen molar-refractivity contribution < 1.29 is 9.53 Å². The molecule has 0 unspecified atom stereocenters. The minimum atomic E-state index is -0.297. The predicted molar refractivity (Wildman–Crippen MR) is 74.8 cm³/mol. The highest BCUT2D eigenvalue weighted by atomic mass is 16.5. The normalized spacial score (nSPS) is 26.1. The molecule has 2 fully saturated rings. The van der Waals surface area contributed by atoms with Gasteiger partial charge in [-0.3, -0.25) is 9.59 Å². The van der Waals surface area contributed by atoms with Crippen LogP contribution in [0.4, 0.5) is 0 Å². The minimum Gasteiger partial charge on any atom is -0.374 e. The van der Waals surface area contributed by atoms with E-state index in [1.54, 1.807) is 12.1 Å². The van der Waals surface area contributed by atoms with Crippen molar-refractivity contribution in [3.8, 4) is 0 Å². The zero-order chi connectivity index (χ0) is 14.1. The summed E-state index contributed by atoms with van der Waals surface area (Å²) < 4.78 is 5.77. The van der Waals surface area contributed by atoms with Gasteiger partial charge in [-0.15, -0.1) is 0 Å². The van der Waals surface area contributed by atoms with Gasteiger partial charge in [0.1, 0.15) is 5.56 Å². The van der Waals surface area contributed by atoms with Crippen LogP contribution in [0, 0.1) is 6.92 Å². The number of amides is 1. The first-order valence-electron chi connectivity index (χ1n) is 7.29. The Hall–Kier alpha value is -1.62. The van der Waals surface area contributed by atoms with Crippen molar-refractivity contribution in [1.29, 1.82) is 0 Å². The lowest BCUT2D eigenvalue weighted by atomic mass is 9.90. The first kappa shape index (κ1) is 13.4. The number of rotatable bonds is 1. The first-order chi connectivity index (χ1) is 9.66. The summed E-state index contributed by atoms with van der Waals surface area (Å²) in [6.45, 7) is 2.95. The third kappa shape index (κ3) is 2.38. The van der Waals surface area contributed by atoms with Crippen molar-refractivity contribution in [3.63, 3.8) is 0 Å².